The molecule has 3 N–H and O–H groups in total. The average molecular weight is 1040 g/mol. The molecule has 2 aromatic carbocycles. The highest BCUT2D eigenvalue weighted by molar-refractivity contribution is 7.19. The normalized spacial score (nSPS) is 16.5. The van der Waals surface area contributed by atoms with E-state index in [1.54, 1.807) is 24.4 Å². The number of anilines is 1. The summed E-state index contributed by atoms with van der Waals surface area (Å²) in [5, 5.41) is 20.8. The van der Waals surface area contributed by atoms with Gasteiger partial charge in [0, 0.05) is 70.5 Å². The number of fused-ring (bicyclic) bond motifs is 3. The number of nitriles is 1. The molecule has 3 aliphatic heterocycles. The molecule has 0 radical (unpaired) electrons. The van der Waals surface area contributed by atoms with Gasteiger partial charge in [-0.3, -0.25) is 48.3 Å². The Morgan fingerprint density at radius 3 is 2.30 bits per heavy atom. The number of unbranched alkanes of at least 4 members (excludes halogenated alkanes) is 11. The average Bonchev–Trinajstić information content (AvgIpc) is 4.08. The van der Waals surface area contributed by atoms with Crippen LogP contribution in [0.15, 0.2) is 76.6 Å². The van der Waals surface area contributed by atoms with Crippen LogP contribution in [-0.4, -0.2) is 79.5 Å². The summed E-state index contributed by atoms with van der Waals surface area (Å²) in [5.41, 5.74) is 3.52. The SMILES string of the molecule is CCn1c(OCCCCCCCCCCCCCCNc2cccc3c2C(=O)N(C2CCC(=O)NC2=O)C3=O)cc(=O)n(Cc2cc3nccc(-c4cc(Cl)cc5ccn(CC6(C#N)CCNCC6)c45)c3s2)c1=O. The van der Waals surface area contributed by atoms with E-state index in [9.17, 15) is 34.0 Å². The first-order chi connectivity index (χ1) is 36.0. The highest BCUT2D eigenvalue weighted by Crippen LogP contribution is 2.41. The number of carbonyl (C=O) groups excluding carboxylic acids is 4. The topological polar surface area (TPSA) is 202 Å². The lowest BCUT2D eigenvalue weighted by Gasteiger charge is -2.32. The maximum atomic E-state index is 13.8. The first-order valence-corrected chi connectivity index (χ1v) is 27.5. The molecule has 74 heavy (non-hydrogen) atoms. The van der Waals surface area contributed by atoms with Crippen LogP contribution in [0.1, 0.15) is 135 Å². The van der Waals surface area contributed by atoms with Crippen molar-refractivity contribution in [3.8, 4) is 23.1 Å². The Kier molecular flexibility index (Phi) is 16.8. The highest BCUT2D eigenvalue weighted by Gasteiger charge is 2.45. The molecule has 6 aromatic rings. The molecule has 1 unspecified atom stereocenters. The molecule has 2 saturated heterocycles. The quantitative estimate of drug-likeness (QED) is 0.0385. The Labute approximate surface area is 439 Å². The van der Waals surface area contributed by atoms with Crippen molar-refractivity contribution in [1.82, 2.24) is 34.2 Å². The molecular formula is C56H64ClN9O7S. The molecule has 388 valence electrons. The number of rotatable bonds is 24. The van der Waals surface area contributed by atoms with E-state index in [1.165, 1.54) is 52.2 Å². The summed E-state index contributed by atoms with van der Waals surface area (Å²) < 4.78 is 12.0. The third-order valence-electron chi connectivity index (χ3n) is 14.8. The summed E-state index contributed by atoms with van der Waals surface area (Å²) in [6.45, 7) is 5.61. The van der Waals surface area contributed by atoms with Gasteiger partial charge in [-0.15, -0.1) is 11.3 Å². The van der Waals surface area contributed by atoms with Crippen molar-refractivity contribution in [1.29, 1.82) is 5.26 Å². The number of pyridine rings is 1. The number of hydrogen-bond acceptors (Lipinski definition) is 12. The maximum Gasteiger partial charge on any atom is 0.334 e. The van der Waals surface area contributed by atoms with Crippen LogP contribution >= 0.6 is 22.9 Å². The van der Waals surface area contributed by atoms with Gasteiger partial charge in [0.2, 0.25) is 17.7 Å². The van der Waals surface area contributed by atoms with E-state index in [0.29, 0.717) is 42.8 Å². The Morgan fingerprint density at radius 1 is 0.851 bits per heavy atom. The molecule has 0 saturated carbocycles. The fourth-order valence-electron chi connectivity index (χ4n) is 10.8. The number of benzene rings is 2. The van der Waals surface area contributed by atoms with Crippen LogP contribution in [-0.2, 0) is 29.2 Å². The van der Waals surface area contributed by atoms with Crippen LogP contribution < -0.4 is 31.9 Å². The summed E-state index contributed by atoms with van der Waals surface area (Å²) >= 11 is 8.22. The number of nitrogens with zero attached hydrogens (tertiary/aromatic N) is 6. The molecule has 0 aliphatic carbocycles. The van der Waals surface area contributed by atoms with E-state index in [4.69, 9.17) is 16.3 Å². The Bertz CT molecular complexity index is 3240. The number of nitrogens with one attached hydrogen (secondary N) is 3. The van der Waals surface area contributed by atoms with Crippen LogP contribution in [0.2, 0.25) is 5.02 Å². The summed E-state index contributed by atoms with van der Waals surface area (Å²) in [5.74, 6) is -1.73. The minimum atomic E-state index is -0.983. The van der Waals surface area contributed by atoms with Crippen LogP contribution in [0, 0.1) is 16.7 Å². The van der Waals surface area contributed by atoms with Crippen molar-refractivity contribution >= 4 is 73.4 Å². The van der Waals surface area contributed by atoms with E-state index in [-0.39, 0.29) is 30.5 Å². The van der Waals surface area contributed by atoms with E-state index in [0.717, 1.165) is 119 Å². The number of imide groups is 2. The molecule has 0 spiro atoms. The van der Waals surface area contributed by atoms with Gasteiger partial charge in [-0.05, 0) is 94.6 Å². The monoisotopic (exact) mass is 1040 g/mol. The number of piperidine rings is 2. The number of hydrogen-bond donors (Lipinski definition) is 3. The second-order valence-electron chi connectivity index (χ2n) is 19.9. The minimum Gasteiger partial charge on any atom is -0.479 e. The Morgan fingerprint density at radius 2 is 1.58 bits per heavy atom. The highest BCUT2D eigenvalue weighted by atomic mass is 35.5. The van der Waals surface area contributed by atoms with Crippen LogP contribution in [0.25, 0.3) is 32.2 Å². The lowest BCUT2D eigenvalue weighted by molar-refractivity contribution is -0.136. The minimum absolute atomic E-state index is 0.0846. The van der Waals surface area contributed by atoms with E-state index < -0.39 is 46.3 Å². The molecule has 18 heteroatoms. The molecule has 9 rings (SSSR count). The van der Waals surface area contributed by atoms with Crippen molar-refractivity contribution in [2.45, 2.75) is 135 Å². The Balaban J connectivity index is 0.685. The van der Waals surface area contributed by atoms with Crippen molar-refractivity contribution in [3.63, 3.8) is 0 Å². The predicted molar refractivity (Wildman–Crippen MR) is 288 cm³/mol. The number of aromatic nitrogens is 4. The van der Waals surface area contributed by atoms with Gasteiger partial charge < -0.3 is 19.9 Å². The van der Waals surface area contributed by atoms with Gasteiger partial charge in [-0.2, -0.15) is 5.26 Å². The molecule has 3 aliphatic rings. The van der Waals surface area contributed by atoms with Gasteiger partial charge in [0.25, 0.3) is 17.4 Å². The van der Waals surface area contributed by atoms with E-state index >= 15 is 0 Å². The lowest BCUT2D eigenvalue weighted by Crippen LogP contribution is -2.54. The van der Waals surface area contributed by atoms with Gasteiger partial charge in [0.15, 0.2) is 0 Å². The first kappa shape index (κ1) is 52.3. The van der Waals surface area contributed by atoms with Gasteiger partial charge in [-0.25, -0.2) is 4.79 Å². The molecule has 4 aromatic heterocycles. The van der Waals surface area contributed by atoms with E-state index in [1.807, 2.05) is 43.5 Å². The molecular weight excluding hydrogens is 978 g/mol. The fourth-order valence-corrected chi connectivity index (χ4v) is 12.2. The molecule has 1 atom stereocenters. The third-order valence-corrected chi connectivity index (χ3v) is 16.2. The summed E-state index contributed by atoms with van der Waals surface area (Å²) in [6, 6.07) is 18.1. The fraction of sp³-hybridized carbons (Fsp3) is 0.464. The molecule has 16 nitrogen and oxygen atoms in total. The van der Waals surface area contributed by atoms with Crippen LogP contribution in [0.4, 0.5) is 5.69 Å². The van der Waals surface area contributed by atoms with Crippen molar-refractivity contribution < 1.29 is 23.9 Å². The van der Waals surface area contributed by atoms with Crippen LogP contribution in [0.5, 0.6) is 5.88 Å². The van der Waals surface area contributed by atoms with Gasteiger partial charge in [0.1, 0.15) is 6.04 Å². The molecule has 0 bridgehead atoms. The zero-order valence-corrected chi connectivity index (χ0v) is 43.6. The van der Waals surface area contributed by atoms with E-state index in [2.05, 4.69) is 31.6 Å². The van der Waals surface area contributed by atoms with Gasteiger partial charge >= 0.3 is 5.69 Å². The second kappa shape index (κ2) is 23.7. The zero-order chi connectivity index (χ0) is 51.8. The predicted octanol–water partition coefficient (Wildman–Crippen LogP) is 9.43. The Hall–Kier alpha value is -6.61. The zero-order valence-electron chi connectivity index (χ0n) is 42.0. The van der Waals surface area contributed by atoms with Gasteiger partial charge in [-0.1, -0.05) is 81.9 Å². The number of halogens is 1. The van der Waals surface area contributed by atoms with Crippen LogP contribution in [0.3, 0.4) is 0 Å². The number of ether oxygens (including phenoxy) is 1. The third kappa shape index (κ3) is 11.4. The largest absolute Gasteiger partial charge is 0.479 e. The number of thiophene rings is 1. The smallest absolute Gasteiger partial charge is 0.334 e. The van der Waals surface area contributed by atoms with Gasteiger partial charge in [0.05, 0.1) is 57.6 Å². The van der Waals surface area contributed by atoms with Crippen molar-refractivity contribution in [3.05, 3.63) is 109 Å². The number of carbonyl (C=O) groups is 4. The first-order valence-electron chi connectivity index (χ1n) is 26.3. The van der Waals surface area contributed by atoms with Crippen molar-refractivity contribution in [2.24, 2.45) is 5.41 Å². The molecule has 7 heterocycles. The standard InChI is InChI=1S/C56H64ClN9O7S/c1-2-64-48(73-29-14-12-10-8-6-4-3-5-7-9-11-13-24-60-43-17-15-16-41-49(43)54(71)66(53(41)70)45-18-19-46(67)62-52(45)69)33-47(68)65(55(64)72)34-39-32-44-51(74-39)40(20-25-61-44)42-31-38(57)30-37-21-28-63(50(37)42)36-56(35-58)22-26-59-27-23-56/h15-17,20-21,25,28,30-33,45,59-60H,2-14,18-19,22-24,26-27,29,34,36H2,1H3,(H,62,67,69). The summed E-state index contributed by atoms with van der Waals surface area (Å²) in [7, 11) is 0. The second-order valence-corrected chi connectivity index (χ2v) is 21.5. The van der Waals surface area contributed by atoms with Crippen molar-refractivity contribution in [2.75, 3.05) is 31.6 Å². The molecule has 4 amide bonds. The molecule has 2 fully saturated rings. The lowest BCUT2D eigenvalue weighted by atomic mass is 9.80. The summed E-state index contributed by atoms with van der Waals surface area (Å²) in [4.78, 5) is 84.3. The summed E-state index contributed by atoms with van der Waals surface area (Å²) in [6.07, 6.45) is 18.7. The maximum absolute atomic E-state index is 13.8. The number of amides is 4.